The number of carbonyl (C=O) groups is 1. The van der Waals surface area contributed by atoms with E-state index in [2.05, 4.69) is 4.90 Å². The molecule has 2 unspecified atom stereocenters. The molecule has 2 aromatic rings. The van der Waals surface area contributed by atoms with Crippen LogP contribution in [0.5, 0.6) is 5.75 Å². The van der Waals surface area contributed by atoms with Gasteiger partial charge in [-0.2, -0.15) is 0 Å². The standard InChI is InChI=1S/C21H26FN3O6/c1-12-10-30-20-17-14(7-16(22)18(20)24-5-3-23(2)4-6-24)19(28)15(8-25(12)17)21(29)31-11-13(27)9-26/h7-8,12-13,26-27H,3-6,9-11H2,1-2H3. The molecule has 0 bridgehead atoms. The number of benzene rings is 1. The fourth-order valence-corrected chi connectivity index (χ4v) is 3.98. The summed E-state index contributed by atoms with van der Waals surface area (Å²) in [6.45, 7) is 3.93. The van der Waals surface area contributed by atoms with Gasteiger partial charge in [-0.3, -0.25) is 4.79 Å². The van der Waals surface area contributed by atoms with Gasteiger partial charge in [-0.1, -0.05) is 0 Å². The zero-order valence-corrected chi connectivity index (χ0v) is 17.5. The van der Waals surface area contributed by atoms with Gasteiger partial charge in [0.2, 0.25) is 5.43 Å². The van der Waals surface area contributed by atoms with E-state index in [1.54, 1.807) is 4.57 Å². The van der Waals surface area contributed by atoms with Crippen LogP contribution in [-0.2, 0) is 4.74 Å². The van der Waals surface area contributed by atoms with Gasteiger partial charge in [-0.05, 0) is 20.0 Å². The average molecular weight is 435 g/mol. The summed E-state index contributed by atoms with van der Waals surface area (Å²) in [6.07, 6.45) is 0.161. The molecule has 2 aliphatic rings. The number of hydrogen-bond donors (Lipinski definition) is 2. The lowest BCUT2D eigenvalue weighted by Gasteiger charge is -2.37. The molecule has 1 fully saturated rings. The maximum absolute atomic E-state index is 15.3. The van der Waals surface area contributed by atoms with Crippen molar-refractivity contribution in [2.24, 2.45) is 0 Å². The van der Waals surface area contributed by atoms with Crippen molar-refractivity contribution < 1.29 is 28.9 Å². The summed E-state index contributed by atoms with van der Waals surface area (Å²) in [6, 6.07) is 0.961. The fourth-order valence-electron chi connectivity index (χ4n) is 3.98. The highest BCUT2D eigenvalue weighted by Crippen LogP contribution is 2.42. The maximum atomic E-state index is 15.3. The zero-order valence-electron chi connectivity index (χ0n) is 17.5. The molecule has 2 atom stereocenters. The highest BCUT2D eigenvalue weighted by molar-refractivity contribution is 5.98. The number of piperazine rings is 1. The lowest BCUT2D eigenvalue weighted by molar-refractivity contribution is 0.00916. The quantitative estimate of drug-likeness (QED) is 0.649. The number of carbonyl (C=O) groups excluding carboxylic acids is 1. The topological polar surface area (TPSA) is 104 Å². The Morgan fingerprint density at radius 1 is 1.35 bits per heavy atom. The third-order valence-electron chi connectivity index (χ3n) is 5.80. The van der Waals surface area contributed by atoms with Gasteiger partial charge >= 0.3 is 5.97 Å². The minimum Gasteiger partial charge on any atom is -0.487 e. The summed E-state index contributed by atoms with van der Waals surface area (Å²) >= 11 is 0. The van der Waals surface area contributed by atoms with E-state index in [9.17, 15) is 14.7 Å². The zero-order chi connectivity index (χ0) is 22.3. The molecule has 2 aliphatic heterocycles. The van der Waals surface area contributed by atoms with Gasteiger partial charge in [0, 0.05) is 32.4 Å². The molecule has 10 heteroatoms. The number of rotatable bonds is 5. The summed E-state index contributed by atoms with van der Waals surface area (Å²) in [4.78, 5) is 29.6. The smallest absolute Gasteiger partial charge is 0.343 e. The minimum atomic E-state index is -1.24. The maximum Gasteiger partial charge on any atom is 0.343 e. The first-order valence-electron chi connectivity index (χ1n) is 10.3. The molecule has 168 valence electrons. The third kappa shape index (κ3) is 3.86. The van der Waals surface area contributed by atoms with Gasteiger partial charge in [0.05, 0.1) is 23.6 Å². The molecule has 4 rings (SSSR count). The van der Waals surface area contributed by atoms with E-state index in [0.717, 1.165) is 19.2 Å². The Morgan fingerprint density at radius 2 is 2.06 bits per heavy atom. The van der Waals surface area contributed by atoms with Crippen LogP contribution in [0.4, 0.5) is 10.1 Å². The van der Waals surface area contributed by atoms with E-state index in [1.807, 2.05) is 18.9 Å². The number of aliphatic hydroxyl groups is 2. The van der Waals surface area contributed by atoms with E-state index < -0.39 is 36.5 Å². The highest BCUT2D eigenvalue weighted by Gasteiger charge is 2.31. The lowest BCUT2D eigenvalue weighted by Crippen LogP contribution is -2.45. The van der Waals surface area contributed by atoms with Crippen LogP contribution in [0.3, 0.4) is 0 Å². The van der Waals surface area contributed by atoms with Crippen molar-refractivity contribution in [3.63, 3.8) is 0 Å². The number of anilines is 1. The molecule has 1 aromatic heterocycles. The molecule has 0 saturated carbocycles. The number of pyridine rings is 1. The van der Waals surface area contributed by atoms with Gasteiger partial charge in [-0.15, -0.1) is 0 Å². The van der Waals surface area contributed by atoms with Crippen molar-refractivity contribution in [2.75, 3.05) is 57.9 Å². The van der Waals surface area contributed by atoms with Crippen LogP contribution in [0.25, 0.3) is 10.9 Å². The minimum absolute atomic E-state index is 0.0362. The monoisotopic (exact) mass is 435 g/mol. The molecule has 0 radical (unpaired) electrons. The Labute approximate surface area is 178 Å². The van der Waals surface area contributed by atoms with Crippen LogP contribution < -0.4 is 15.1 Å². The van der Waals surface area contributed by atoms with Crippen molar-refractivity contribution in [3.8, 4) is 5.75 Å². The van der Waals surface area contributed by atoms with E-state index in [-0.39, 0.29) is 23.6 Å². The molecule has 2 N–H and O–H groups in total. The molecule has 0 spiro atoms. The summed E-state index contributed by atoms with van der Waals surface area (Å²) in [5.41, 5.74) is -0.144. The number of nitrogens with zero attached hydrogens (tertiary/aromatic N) is 3. The summed E-state index contributed by atoms with van der Waals surface area (Å²) in [5, 5.41) is 18.3. The molecule has 1 saturated heterocycles. The summed E-state index contributed by atoms with van der Waals surface area (Å²) < 4.78 is 27.9. The number of hydrogen-bond acceptors (Lipinski definition) is 8. The first-order chi connectivity index (χ1) is 14.8. The van der Waals surface area contributed by atoms with Gasteiger partial charge in [0.1, 0.15) is 30.6 Å². The molecule has 3 heterocycles. The van der Waals surface area contributed by atoms with Crippen molar-refractivity contribution >= 4 is 22.6 Å². The molecular weight excluding hydrogens is 409 g/mol. The SMILES string of the molecule is CC1COc2c(N3CCN(C)CC3)c(F)cc3c(=O)c(C(=O)OCC(O)CO)cn1c23. The molecule has 1 aromatic carbocycles. The van der Waals surface area contributed by atoms with Gasteiger partial charge in [-0.25, -0.2) is 9.18 Å². The predicted octanol–water partition coefficient (Wildman–Crippen LogP) is 0.356. The molecular formula is C21H26FN3O6. The van der Waals surface area contributed by atoms with E-state index in [1.165, 1.54) is 6.20 Å². The Kier molecular flexibility index (Phi) is 5.87. The lowest BCUT2D eigenvalue weighted by atomic mass is 10.1. The van der Waals surface area contributed by atoms with E-state index in [0.29, 0.717) is 30.0 Å². The molecule has 31 heavy (non-hydrogen) atoms. The Bertz CT molecular complexity index is 1060. The fraction of sp³-hybridized carbons (Fsp3) is 0.524. The van der Waals surface area contributed by atoms with Crippen LogP contribution >= 0.6 is 0 Å². The number of esters is 1. The van der Waals surface area contributed by atoms with Crippen LogP contribution in [0.2, 0.25) is 0 Å². The van der Waals surface area contributed by atoms with Crippen LogP contribution in [0.15, 0.2) is 17.1 Å². The van der Waals surface area contributed by atoms with E-state index in [4.69, 9.17) is 14.6 Å². The van der Waals surface area contributed by atoms with Crippen LogP contribution in [0.1, 0.15) is 23.3 Å². The first kappa shape index (κ1) is 21.5. The Balaban J connectivity index is 1.83. The van der Waals surface area contributed by atoms with Gasteiger partial charge < -0.3 is 34.1 Å². The summed E-state index contributed by atoms with van der Waals surface area (Å²) in [5.74, 6) is -1.20. The van der Waals surface area contributed by atoms with E-state index >= 15 is 4.39 Å². The number of likely N-dealkylation sites (N-methyl/N-ethyl adjacent to an activating group) is 1. The predicted molar refractivity (Wildman–Crippen MR) is 111 cm³/mol. The van der Waals surface area contributed by atoms with Gasteiger partial charge in [0.15, 0.2) is 11.6 Å². The van der Waals surface area contributed by atoms with Crippen molar-refractivity contribution in [1.82, 2.24) is 9.47 Å². The van der Waals surface area contributed by atoms with Crippen LogP contribution in [0, 0.1) is 5.82 Å². The molecule has 0 aliphatic carbocycles. The Hall–Kier alpha value is -2.69. The van der Waals surface area contributed by atoms with Crippen molar-refractivity contribution in [3.05, 3.63) is 33.9 Å². The second-order valence-corrected chi connectivity index (χ2v) is 8.10. The highest BCUT2D eigenvalue weighted by atomic mass is 19.1. The molecule has 0 amide bonds. The van der Waals surface area contributed by atoms with Crippen molar-refractivity contribution in [1.29, 1.82) is 0 Å². The molecule has 9 nitrogen and oxygen atoms in total. The number of halogens is 1. The Morgan fingerprint density at radius 3 is 2.74 bits per heavy atom. The summed E-state index contributed by atoms with van der Waals surface area (Å²) in [7, 11) is 2.01. The normalized spacial score (nSPS) is 19.9. The van der Waals surface area contributed by atoms with Crippen molar-refractivity contribution in [2.45, 2.75) is 19.1 Å². The van der Waals surface area contributed by atoms with Crippen LogP contribution in [-0.4, -0.2) is 84.8 Å². The largest absolute Gasteiger partial charge is 0.487 e. The second kappa shape index (κ2) is 8.45. The number of ether oxygens (including phenoxy) is 2. The van der Waals surface area contributed by atoms with Gasteiger partial charge in [0.25, 0.3) is 0 Å². The second-order valence-electron chi connectivity index (χ2n) is 8.10. The first-order valence-corrected chi connectivity index (χ1v) is 10.3. The average Bonchev–Trinajstić information content (AvgIpc) is 2.76. The number of aromatic nitrogens is 1. The third-order valence-corrected chi connectivity index (χ3v) is 5.80. The number of aliphatic hydroxyl groups excluding tert-OH is 2.